The van der Waals surface area contributed by atoms with Gasteiger partial charge in [0.15, 0.2) is 0 Å². The van der Waals surface area contributed by atoms with E-state index in [1.807, 2.05) is 48.5 Å². The van der Waals surface area contributed by atoms with Crippen LogP contribution in [0.15, 0.2) is 79.8 Å². The number of halogens is 1. The van der Waals surface area contributed by atoms with Gasteiger partial charge in [-0.1, -0.05) is 41.6 Å². The van der Waals surface area contributed by atoms with Gasteiger partial charge < -0.3 is 9.15 Å². The van der Waals surface area contributed by atoms with Crippen molar-refractivity contribution in [2.75, 3.05) is 7.11 Å². The van der Waals surface area contributed by atoms with Crippen molar-refractivity contribution in [1.82, 2.24) is 4.90 Å². The molecule has 162 valence electrons. The molecule has 4 rings (SSSR count). The molecule has 1 aliphatic heterocycles. The van der Waals surface area contributed by atoms with Crippen LogP contribution in [0.2, 0.25) is 5.02 Å². The van der Waals surface area contributed by atoms with E-state index in [2.05, 4.69) is 4.74 Å². The molecule has 0 saturated carbocycles. The molecule has 2 amide bonds. The van der Waals surface area contributed by atoms with E-state index in [0.717, 1.165) is 32.0 Å². The number of nitrogens with zero attached hydrogens (tertiary/aromatic N) is 1. The molecule has 0 spiro atoms. The second kappa shape index (κ2) is 9.68. The number of hydrogen-bond donors (Lipinski definition) is 0. The molecule has 1 fully saturated rings. The number of methoxy groups -OCH3 is 1. The van der Waals surface area contributed by atoms with E-state index in [1.165, 1.54) is 31.0 Å². The van der Waals surface area contributed by atoms with E-state index in [-0.39, 0.29) is 12.3 Å². The number of benzene rings is 2. The van der Waals surface area contributed by atoms with Gasteiger partial charge in [0.2, 0.25) is 5.76 Å². The zero-order chi connectivity index (χ0) is 22.7. The van der Waals surface area contributed by atoms with Crippen LogP contribution in [-0.4, -0.2) is 29.1 Å². The summed E-state index contributed by atoms with van der Waals surface area (Å²) in [6, 6.07) is 18.1. The first-order valence-electron chi connectivity index (χ1n) is 9.39. The number of thioether (sulfide) groups is 1. The Kier molecular flexibility index (Phi) is 6.74. The molecular formula is C23H16ClNO5S2. The Balaban J connectivity index is 1.53. The Hall–Kier alpha value is -2.94. The highest BCUT2D eigenvalue weighted by Crippen LogP contribution is 2.37. The second-order valence-corrected chi connectivity index (χ2v) is 9.16. The number of carbonyl (C=O) groups is 3. The average molecular weight is 486 g/mol. The van der Waals surface area contributed by atoms with E-state index < -0.39 is 17.1 Å². The van der Waals surface area contributed by atoms with Crippen molar-refractivity contribution in [2.24, 2.45) is 0 Å². The summed E-state index contributed by atoms with van der Waals surface area (Å²) in [6.07, 6.45) is 1.71. The summed E-state index contributed by atoms with van der Waals surface area (Å²) < 4.78 is 9.98. The van der Waals surface area contributed by atoms with E-state index >= 15 is 0 Å². The Morgan fingerprint density at radius 3 is 2.62 bits per heavy atom. The van der Waals surface area contributed by atoms with E-state index in [4.69, 9.17) is 16.0 Å². The molecule has 0 bridgehead atoms. The first-order valence-corrected chi connectivity index (χ1v) is 11.4. The zero-order valence-electron chi connectivity index (χ0n) is 16.7. The van der Waals surface area contributed by atoms with Crippen LogP contribution >= 0.6 is 35.1 Å². The molecule has 1 aliphatic rings. The maximum absolute atomic E-state index is 12.9. The van der Waals surface area contributed by atoms with Crippen molar-refractivity contribution in [3.8, 4) is 0 Å². The van der Waals surface area contributed by atoms with Crippen molar-refractivity contribution in [3.63, 3.8) is 0 Å². The third-order valence-corrected chi connectivity index (χ3v) is 6.74. The monoisotopic (exact) mass is 485 g/mol. The predicted octanol–water partition coefficient (Wildman–Crippen LogP) is 6.11. The predicted molar refractivity (Wildman–Crippen MR) is 124 cm³/mol. The SMILES string of the molecule is COC(=O)c1ccc(CN2C(=O)SC(=Cc3ccccc3Sc3ccc(Cl)cc3)C2=O)o1. The third kappa shape index (κ3) is 4.93. The summed E-state index contributed by atoms with van der Waals surface area (Å²) in [5, 5.41) is 0.256. The van der Waals surface area contributed by atoms with Crippen LogP contribution in [0.4, 0.5) is 4.79 Å². The van der Waals surface area contributed by atoms with Gasteiger partial charge in [0.05, 0.1) is 18.6 Å². The van der Waals surface area contributed by atoms with E-state index in [1.54, 1.807) is 6.08 Å². The number of rotatable bonds is 6. The first kappa shape index (κ1) is 22.3. The Bertz CT molecular complexity index is 1220. The fourth-order valence-electron chi connectivity index (χ4n) is 2.93. The standard InChI is InChI=1S/C23H16ClNO5S2/c1-29-22(27)18-11-8-16(30-18)13-25-21(26)20(32-23(25)28)12-14-4-2-3-5-19(14)31-17-9-6-15(24)7-10-17/h2-12H,13H2,1H3. The minimum Gasteiger partial charge on any atom is -0.463 e. The van der Waals surface area contributed by atoms with Gasteiger partial charge in [-0.25, -0.2) is 4.79 Å². The van der Waals surface area contributed by atoms with Gasteiger partial charge in [0.1, 0.15) is 5.76 Å². The highest BCUT2D eigenvalue weighted by molar-refractivity contribution is 8.18. The summed E-state index contributed by atoms with van der Waals surface area (Å²) >= 11 is 8.37. The third-order valence-electron chi connectivity index (χ3n) is 4.48. The van der Waals surface area contributed by atoms with Crippen LogP contribution < -0.4 is 0 Å². The molecule has 0 N–H and O–H groups in total. The fraction of sp³-hybridized carbons (Fsp3) is 0.0870. The molecule has 0 aliphatic carbocycles. The van der Waals surface area contributed by atoms with Crippen molar-refractivity contribution >= 4 is 58.3 Å². The van der Waals surface area contributed by atoms with E-state index in [0.29, 0.717) is 15.7 Å². The van der Waals surface area contributed by atoms with Gasteiger partial charge in [-0.05, 0) is 65.9 Å². The fourth-order valence-corrected chi connectivity index (χ4v) is 4.80. The lowest BCUT2D eigenvalue weighted by atomic mass is 10.2. The summed E-state index contributed by atoms with van der Waals surface area (Å²) in [6.45, 7) is -0.0693. The number of furan rings is 1. The van der Waals surface area contributed by atoms with Gasteiger partial charge in [0.25, 0.3) is 11.1 Å². The second-order valence-electron chi connectivity index (χ2n) is 6.62. The maximum atomic E-state index is 12.9. The minimum atomic E-state index is -0.625. The van der Waals surface area contributed by atoms with Gasteiger partial charge >= 0.3 is 5.97 Å². The van der Waals surface area contributed by atoms with Crippen LogP contribution in [0, 0.1) is 0 Å². The lowest BCUT2D eigenvalue weighted by Crippen LogP contribution is -2.27. The number of ether oxygens (including phenoxy) is 1. The first-order chi connectivity index (χ1) is 15.4. The van der Waals surface area contributed by atoms with Crippen molar-refractivity contribution < 1.29 is 23.5 Å². The highest BCUT2D eigenvalue weighted by atomic mass is 35.5. The molecule has 32 heavy (non-hydrogen) atoms. The van der Waals surface area contributed by atoms with Gasteiger partial charge in [-0.15, -0.1) is 0 Å². The smallest absolute Gasteiger partial charge is 0.373 e. The van der Waals surface area contributed by atoms with E-state index in [9.17, 15) is 14.4 Å². The van der Waals surface area contributed by atoms with Gasteiger partial charge in [-0.2, -0.15) is 0 Å². The summed E-state index contributed by atoms with van der Waals surface area (Å²) in [5.74, 6) is -0.715. The molecule has 0 radical (unpaired) electrons. The Labute approximate surface area is 197 Å². The van der Waals surface area contributed by atoms with Crippen molar-refractivity contribution in [3.05, 3.63) is 87.7 Å². The Morgan fingerprint density at radius 2 is 1.88 bits per heavy atom. The van der Waals surface area contributed by atoms with Crippen molar-refractivity contribution in [1.29, 1.82) is 0 Å². The van der Waals surface area contributed by atoms with Crippen molar-refractivity contribution in [2.45, 2.75) is 16.3 Å². The molecule has 1 aromatic heterocycles. The molecule has 9 heteroatoms. The summed E-state index contributed by atoms with van der Waals surface area (Å²) in [4.78, 5) is 40.3. The number of amides is 2. The van der Waals surface area contributed by atoms with Crippen LogP contribution in [0.5, 0.6) is 0 Å². The number of hydrogen-bond acceptors (Lipinski definition) is 7. The Morgan fingerprint density at radius 1 is 1.12 bits per heavy atom. The molecule has 2 heterocycles. The maximum Gasteiger partial charge on any atom is 0.373 e. The topological polar surface area (TPSA) is 76.8 Å². The quantitative estimate of drug-likeness (QED) is 0.308. The lowest BCUT2D eigenvalue weighted by molar-refractivity contribution is -0.123. The zero-order valence-corrected chi connectivity index (χ0v) is 19.1. The largest absolute Gasteiger partial charge is 0.463 e. The molecule has 6 nitrogen and oxygen atoms in total. The number of carbonyl (C=O) groups excluding carboxylic acids is 3. The molecular weight excluding hydrogens is 470 g/mol. The van der Waals surface area contributed by atoms with Crippen LogP contribution in [0.1, 0.15) is 21.9 Å². The highest BCUT2D eigenvalue weighted by Gasteiger charge is 2.36. The van der Waals surface area contributed by atoms with Crippen LogP contribution in [0.25, 0.3) is 6.08 Å². The molecule has 0 atom stereocenters. The summed E-state index contributed by atoms with van der Waals surface area (Å²) in [5.41, 5.74) is 0.823. The summed E-state index contributed by atoms with van der Waals surface area (Å²) in [7, 11) is 1.24. The van der Waals surface area contributed by atoms with Crippen LogP contribution in [-0.2, 0) is 16.1 Å². The normalized spacial score (nSPS) is 14.9. The van der Waals surface area contributed by atoms with Gasteiger partial charge in [-0.3, -0.25) is 14.5 Å². The lowest BCUT2D eigenvalue weighted by Gasteiger charge is -2.10. The molecule has 0 unspecified atom stereocenters. The van der Waals surface area contributed by atoms with Gasteiger partial charge in [0, 0.05) is 14.8 Å². The molecule has 2 aromatic carbocycles. The molecule has 3 aromatic rings. The molecule has 1 saturated heterocycles. The van der Waals surface area contributed by atoms with Crippen LogP contribution in [0.3, 0.4) is 0 Å². The number of esters is 1. The minimum absolute atomic E-state index is 0.0122. The number of imide groups is 1. The average Bonchev–Trinajstić information content (AvgIpc) is 3.36.